The lowest BCUT2D eigenvalue weighted by Crippen LogP contribution is -2.13. The third-order valence-corrected chi connectivity index (χ3v) is 3.87. The van der Waals surface area contributed by atoms with Crippen molar-refractivity contribution in [2.45, 2.75) is 4.90 Å². The molecule has 0 radical (unpaired) electrons. The minimum Gasteiger partial charge on any atom is -0.307 e. The number of hydrogen-bond donors (Lipinski definition) is 1. The normalized spacial score (nSPS) is 11.1. The van der Waals surface area contributed by atoms with Gasteiger partial charge in [-0.2, -0.15) is 0 Å². The Morgan fingerprint density at radius 3 is 2.30 bits per heavy atom. The van der Waals surface area contributed by atoms with E-state index in [2.05, 4.69) is 10.3 Å². The molecule has 0 aliphatic rings. The summed E-state index contributed by atoms with van der Waals surface area (Å²) in [6.07, 6.45) is 2.53. The van der Waals surface area contributed by atoms with Crippen molar-refractivity contribution in [3.05, 3.63) is 53.2 Å². The molecule has 0 aliphatic carbocycles. The van der Waals surface area contributed by atoms with Crippen molar-refractivity contribution in [1.29, 1.82) is 0 Å². The predicted octanol–water partition coefficient (Wildman–Crippen LogP) is 2.39. The standard InChI is InChI=1S/C13H11ClN2O3S/c1-20(18,19)11-5-2-9(3-6-11)13(17)16-12-7-4-10(14)8-15-12/h2-8H,1H3,(H,15,16,17). The van der Waals surface area contributed by atoms with Crippen molar-refractivity contribution >= 4 is 33.2 Å². The van der Waals surface area contributed by atoms with Gasteiger partial charge in [-0.1, -0.05) is 11.6 Å². The molecule has 1 amide bonds. The Balaban J connectivity index is 2.15. The molecular formula is C13H11ClN2O3S. The average Bonchev–Trinajstić information content (AvgIpc) is 2.40. The molecule has 1 N–H and O–H groups in total. The molecule has 1 aromatic carbocycles. The molecule has 2 aromatic rings. The van der Waals surface area contributed by atoms with E-state index in [0.717, 1.165) is 6.26 Å². The highest BCUT2D eigenvalue weighted by Gasteiger charge is 2.10. The summed E-state index contributed by atoms with van der Waals surface area (Å²) in [5.74, 6) is -0.00790. The number of hydrogen-bond acceptors (Lipinski definition) is 4. The fraction of sp³-hybridized carbons (Fsp3) is 0.0769. The Morgan fingerprint density at radius 1 is 1.15 bits per heavy atom. The number of benzene rings is 1. The SMILES string of the molecule is CS(=O)(=O)c1ccc(C(=O)Nc2ccc(Cl)cn2)cc1. The van der Waals surface area contributed by atoms with E-state index in [9.17, 15) is 13.2 Å². The van der Waals surface area contributed by atoms with Gasteiger partial charge in [-0.05, 0) is 36.4 Å². The van der Waals surface area contributed by atoms with Crippen LogP contribution in [0.4, 0.5) is 5.82 Å². The monoisotopic (exact) mass is 310 g/mol. The first-order valence-corrected chi connectivity index (χ1v) is 7.86. The number of sulfone groups is 1. The number of amides is 1. The summed E-state index contributed by atoms with van der Waals surface area (Å²) >= 11 is 5.69. The summed E-state index contributed by atoms with van der Waals surface area (Å²) in [5, 5.41) is 3.06. The molecular weight excluding hydrogens is 300 g/mol. The lowest BCUT2D eigenvalue weighted by molar-refractivity contribution is 0.102. The van der Waals surface area contributed by atoms with E-state index in [-0.39, 0.29) is 10.8 Å². The highest BCUT2D eigenvalue weighted by molar-refractivity contribution is 7.90. The van der Waals surface area contributed by atoms with Crippen LogP contribution < -0.4 is 5.32 Å². The Labute approximate surface area is 121 Å². The number of nitrogens with one attached hydrogen (secondary N) is 1. The molecule has 0 atom stereocenters. The maximum absolute atomic E-state index is 11.9. The van der Waals surface area contributed by atoms with Crippen LogP contribution in [0, 0.1) is 0 Å². The zero-order chi connectivity index (χ0) is 14.8. The molecule has 5 nitrogen and oxygen atoms in total. The number of anilines is 1. The lowest BCUT2D eigenvalue weighted by Gasteiger charge is -2.05. The highest BCUT2D eigenvalue weighted by atomic mass is 35.5. The van der Waals surface area contributed by atoms with Gasteiger partial charge in [-0.15, -0.1) is 0 Å². The van der Waals surface area contributed by atoms with Crippen LogP contribution in [0.5, 0.6) is 0 Å². The first-order valence-electron chi connectivity index (χ1n) is 5.59. The van der Waals surface area contributed by atoms with Crippen LogP contribution >= 0.6 is 11.6 Å². The molecule has 0 unspecified atom stereocenters. The van der Waals surface area contributed by atoms with Gasteiger partial charge in [0.2, 0.25) is 0 Å². The molecule has 0 saturated heterocycles. The van der Waals surface area contributed by atoms with E-state index in [1.54, 1.807) is 12.1 Å². The molecule has 1 aromatic heterocycles. The summed E-state index contributed by atoms with van der Waals surface area (Å²) in [6, 6.07) is 8.85. The Morgan fingerprint density at radius 2 is 1.80 bits per heavy atom. The van der Waals surface area contributed by atoms with E-state index in [1.807, 2.05) is 0 Å². The van der Waals surface area contributed by atoms with Crippen LogP contribution in [-0.4, -0.2) is 25.6 Å². The van der Waals surface area contributed by atoms with Gasteiger partial charge in [0.15, 0.2) is 9.84 Å². The molecule has 0 spiro atoms. The van der Waals surface area contributed by atoms with Crippen LogP contribution in [0.25, 0.3) is 0 Å². The second kappa shape index (κ2) is 5.60. The summed E-state index contributed by atoms with van der Waals surface area (Å²) in [5.41, 5.74) is 0.342. The topological polar surface area (TPSA) is 76.1 Å². The number of halogens is 1. The maximum atomic E-state index is 11.9. The van der Waals surface area contributed by atoms with Crippen molar-refractivity contribution in [2.24, 2.45) is 0 Å². The number of pyridine rings is 1. The van der Waals surface area contributed by atoms with Gasteiger partial charge in [0.1, 0.15) is 5.82 Å². The summed E-state index contributed by atoms with van der Waals surface area (Å²) < 4.78 is 22.6. The van der Waals surface area contributed by atoms with Gasteiger partial charge < -0.3 is 5.32 Å². The minimum atomic E-state index is -3.27. The smallest absolute Gasteiger partial charge is 0.256 e. The van der Waals surface area contributed by atoms with Gasteiger partial charge in [-0.25, -0.2) is 13.4 Å². The molecule has 20 heavy (non-hydrogen) atoms. The van der Waals surface area contributed by atoms with Crippen molar-refractivity contribution < 1.29 is 13.2 Å². The summed E-state index contributed by atoms with van der Waals surface area (Å²) in [4.78, 5) is 16.0. The Hall–Kier alpha value is -1.92. The number of carbonyl (C=O) groups excluding carboxylic acids is 1. The van der Waals surface area contributed by atoms with E-state index >= 15 is 0 Å². The molecule has 2 rings (SSSR count). The number of nitrogens with zero attached hydrogens (tertiary/aromatic N) is 1. The van der Waals surface area contributed by atoms with Crippen LogP contribution in [0.1, 0.15) is 10.4 Å². The number of carbonyl (C=O) groups is 1. The third kappa shape index (κ3) is 3.55. The van der Waals surface area contributed by atoms with Crippen molar-refractivity contribution in [3.63, 3.8) is 0 Å². The predicted molar refractivity (Wildman–Crippen MR) is 76.8 cm³/mol. The molecule has 0 fully saturated rings. The van der Waals surface area contributed by atoms with E-state index in [0.29, 0.717) is 16.4 Å². The number of aromatic nitrogens is 1. The highest BCUT2D eigenvalue weighted by Crippen LogP contribution is 2.13. The van der Waals surface area contributed by atoms with Crippen LogP contribution in [-0.2, 0) is 9.84 Å². The largest absolute Gasteiger partial charge is 0.307 e. The maximum Gasteiger partial charge on any atom is 0.256 e. The molecule has 0 bridgehead atoms. The molecule has 0 aliphatic heterocycles. The zero-order valence-electron chi connectivity index (χ0n) is 10.5. The van der Waals surface area contributed by atoms with Crippen LogP contribution in [0.15, 0.2) is 47.5 Å². The second-order valence-corrected chi connectivity index (χ2v) is 6.56. The van der Waals surface area contributed by atoms with E-state index in [1.165, 1.54) is 30.5 Å². The van der Waals surface area contributed by atoms with Crippen molar-refractivity contribution in [2.75, 3.05) is 11.6 Å². The van der Waals surface area contributed by atoms with Gasteiger partial charge in [0, 0.05) is 18.0 Å². The molecule has 1 heterocycles. The van der Waals surface area contributed by atoms with Gasteiger partial charge in [0.25, 0.3) is 5.91 Å². The minimum absolute atomic E-state index is 0.165. The Bertz CT molecular complexity index is 725. The van der Waals surface area contributed by atoms with E-state index in [4.69, 9.17) is 11.6 Å². The summed E-state index contributed by atoms with van der Waals surface area (Å²) in [6.45, 7) is 0. The summed E-state index contributed by atoms with van der Waals surface area (Å²) in [7, 11) is -3.27. The second-order valence-electron chi connectivity index (χ2n) is 4.11. The average molecular weight is 311 g/mol. The Kier molecular flexibility index (Phi) is 4.06. The van der Waals surface area contributed by atoms with E-state index < -0.39 is 9.84 Å². The molecule has 104 valence electrons. The first-order chi connectivity index (χ1) is 9.36. The fourth-order valence-corrected chi connectivity index (χ4v) is 2.23. The number of rotatable bonds is 3. The van der Waals surface area contributed by atoms with Crippen molar-refractivity contribution in [3.8, 4) is 0 Å². The van der Waals surface area contributed by atoms with Crippen molar-refractivity contribution in [1.82, 2.24) is 4.98 Å². The lowest BCUT2D eigenvalue weighted by atomic mass is 10.2. The first kappa shape index (κ1) is 14.5. The zero-order valence-corrected chi connectivity index (χ0v) is 12.1. The van der Waals surface area contributed by atoms with Crippen LogP contribution in [0.3, 0.4) is 0 Å². The van der Waals surface area contributed by atoms with Gasteiger partial charge in [0.05, 0.1) is 9.92 Å². The van der Waals surface area contributed by atoms with Crippen LogP contribution in [0.2, 0.25) is 5.02 Å². The van der Waals surface area contributed by atoms with Gasteiger partial charge >= 0.3 is 0 Å². The molecule has 0 saturated carbocycles. The third-order valence-electron chi connectivity index (χ3n) is 2.51. The van der Waals surface area contributed by atoms with Gasteiger partial charge in [-0.3, -0.25) is 4.79 Å². The molecule has 7 heteroatoms. The quantitative estimate of drug-likeness (QED) is 0.944. The fourth-order valence-electron chi connectivity index (χ4n) is 1.49.